The van der Waals surface area contributed by atoms with E-state index in [-0.39, 0.29) is 0 Å². The molecule has 0 aliphatic heterocycles. The van der Waals surface area contributed by atoms with Gasteiger partial charge in [0.05, 0.1) is 0 Å². The summed E-state index contributed by atoms with van der Waals surface area (Å²) < 4.78 is 0. The third-order valence-electron chi connectivity index (χ3n) is 1.97. The lowest BCUT2D eigenvalue weighted by atomic mass is 10.1. The van der Waals surface area contributed by atoms with E-state index in [1.165, 1.54) is 5.56 Å². The van der Waals surface area contributed by atoms with Gasteiger partial charge in [-0.15, -0.1) is 10.2 Å². The fraction of sp³-hybridized carbons (Fsp3) is 0.462. The fourth-order valence-electron chi connectivity index (χ4n) is 1.17. The average molecular weight is 234 g/mol. The van der Waals surface area contributed by atoms with E-state index in [1.807, 2.05) is 39.8 Å². The molecule has 0 spiro atoms. The minimum Gasteiger partial charge on any atom is -0.177 e. The van der Waals surface area contributed by atoms with Crippen LogP contribution in [0.5, 0.6) is 0 Å². The first-order valence-electron chi connectivity index (χ1n) is 6.23. The number of hydrogen-bond acceptors (Lipinski definition) is 3. The summed E-state index contributed by atoms with van der Waals surface area (Å²) in [5, 5.41) is 13.7. The van der Waals surface area contributed by atoms with Gasteiger partial charge < -0.3 is 0 Å². The van der Waals surface area contributed by atoms with Crippen LogP contribution in [0.15, 0.2) is 24.3 Å². The molecule has 0 unspecified atom stereocenters. The van der Waals surface area contributed by atoms with Gasteiger partial charge in [0.15, 0.2) is 0 Å². The quantitative estimate of drug-likeness (QED) is 0.865. The smallest absolute Gasteiger partial charge is 0.177 e. The first kappa shape index (κ1) is 15.3. The molecular formula is C13H22N4. The van der Waals surface area contributed by atoms with Gasteiger partial charge in [0.25, 0.3) is 0 Å². The zero-order chi connectivity index (χ0) is 13.1. The van der Waals surface area contributed by atoms with Gasteiger partial charge in [0.1, 0.15) is 0 Å². The van der Waals surface area contributed by atoms with Crippen LogP contribution in [-0.2, 0) is 6.42 Å². The summed E-state index contributed by atoms with van der Waals surface area (Å²) in [7, 11) is 0. The van der Waals surface area contributed by atoms with Crippen molar-refractivity contribution in [3.8, 4) is 11.4 Å². The molecule has 2 aromatic rings. The van der Waals surface area contributed by atoms with Crippen LogP contribution < -0.4 is 0 Å². The summed E-state index contributed by atoms with van der Waals surface area (Å²) in [6, 6.07) is 8.16. The number of rotatable bonds is 2. The standard InChI is InChI=1S/C9H10N4.2C2H6/c1-2-7-3-5-8(6-4-7)9-10-12-13-11-9;2*1-2/h3-6H,2H2,1H3,(H,10,11,12,13);2*1-2H3. The maximum Gasteiger partial charge on any atom is 0.204 e. The largest absolute Gasteiger partial charge is 0.204 e. The molecule has 1 heterocycles. The summed E-state index contributed by atoms with van der Waals surface area (Å²) in [4.78, 5) is 0. The third-order valence-corrected chi connectivity index (χ3v) is 1.97. The van der Waals surface area contributed by atoms with E-state index >= 15 is 0 Å². The second kappa shape index (κ2) is 9.51. The lowest BCUT2D eigenvalue weighted by Crippen LogP contribution is -1.83. The van der Waals surface area contributed by atoms with Crippen molar-refractivity contribution in [2.45, 2.75) is 41.0 Å². The van der Waals surface area contributed by atoms with Crippen LogP contribution >= 0.6 is 0 Å². The number of aryl methyl sites for hydroxylation is 1. The Labute approximate surface area is 103 Å². The third kappa shape index (κ3) is 4.76. The molecule has 0 atom stereocenters. The molecule has 0 aliphatic carbocycles. The number of nitrogens with zero attached hydrogens (tertiary/aromatic N) is 3. The van der Waals surface area contributed by atoms with E-state index in [0.29, 0.717) is 5.82 Å². The molecule has 0 aliphatic rings. The Morgan fingerprint density at radius 3 is 2.00 bits per heavy atom. The van der Waals surface area contributed by atoms with Crippen LogP contribution in [0.2, 0.25) is 0 Å². The van der Waals surface area contributed by atoms with Crippen molar-refractivity contribution in [1.29, 1.82) is 0 Å². The highest BCUT2D eigenvalue weighted by Crippen LogP contribution is 2.13. The lowest BCUT2D eigenvalue weighted by Gasteiger charge is -1.96. The first-order chi connectivity index (χ1) is 8.40. The van der Waals surface area contributed by atoms with E-state index in [9.17, 15) is 0 Å². The van der Waals surface area contributed by atoms with Gasteiger partial charge in [0.2, 0.25) is 5.82 Å². The number of nitrogens with one attached hydrogen (secondary N) is 1. The molecule has 0 fully saturated rings. The number of aromatic nitrogens is 4. The summed E-state index contributed by atoms with van der Waals surface area (Å²) >= 11 is 0. The maximum absolute atomic E-state index is 3.89. The summed E-state index contributed by atoms with van der Waals surface area (Å²) in [5.41, 5.74) is 2.30. The van der Waals surface area contributed by atoms with Gasteiger partial charge in [-0.3, -0.25) is 0 Å². The Morgan fingerprint density at radius 1 is 1.00 bits per heavy atom. The molecule has 4 heteroatoms. The molecule has 0 radical (unpaired) electrons. The highest BCUT2D eigenvalue weighted by atomic mass is 15.5. The van der Waals surface area contributed by atoms with Gasteiger partial charge in [-0.2, -0.15) is 5.21 Å². The van der Waals surface area contributed by atoms with Gasteiger partial charge in [-0.1, -0.05) is 58.9 Å². The van der Waals surface area contributed by atoms with Crippen LogP contribution in [0.3, 0.4) is 0 Å². The SMILES string of the molecule is CC.CC.CCc1ccc(-c2nn[nH]n2)cc1. The monoisotopic (exact) mass is 234 g/mol. The normalized spacial score (nSPS) is 8.53. The Bertz CT molecular complexity index is 365. The predicted molar refractivity (Wildman–Crippen MR) is 71.7 cm³/mol. The van der Waals surface area contributed by atoms with Crippen molar-refractivity contribution in [3.05, 3.63) is 29.8 Å². The molecule has 0 saturated heterocycles. The molecular weight excluding hydrogens is 212 g/mol. The van der Waals surface area contributed by atoms with Crippen LogP contribution in [0.1, 0.15) is 40.2 Å². The van der Waals surface area contributed by atoms with Crippen molar-refractivity contribution >= 4 is 0 Å². The summed E-state index contributed by atoms with van der Waals surface area (Å²) in [6.45, 7) is 10.1. The highest BCUT2D eigenvalue weighted by Gasteiger charge is 2.00. The molecule has 4 nitrogen and oxygen atoms in total. The minimum absolute atomic E-state index is 0.641. The van der Waals surface area contributed by atoms with Crippen LogP contribution in [0.4, 0.5) is 0 Å². The number of hydrogen-bond donors (Lipinski definition) is 1. The Morgan fingerprint density at radius 2 is 1.59 bits per heavy atom. The molecule has 94 valence electrons. The van der Waals surface area contributed by atoms with Crippen molar-refractivity contribution in [2.24, 2.45) is 0 Å². The zero-order valence-electron chi connectivity index (χ0n) is 11.4. The first-order valence-corrected chi connectivity index (χ1v) is 6.23. The Balaban J connectivity index is 0.000000581. The van der Waals surface area contributed by atoms with E-state index in [2.05, 4.69) is 39.7 Å². The van der Waals surface area contributed by atoms with Crippen LogP contribution in [-0.4, -0.2) is 20.6 Å². The van der Waals surface area contributed by atoms with E-state index in [0.717, 1.165) is 12.0 Å². The zero-order valence-corrected chi connectivity index (χ0v) is 11.4. The van der Waals surface area contributed by atoms with Crippen molar-refractivity contribution in [3.63, 3.8) is 0 Å². The molecule has 1 aromatic heterocycles. The Hall–Kier alpha value is -1.71. The molecule has 1 aromatic carbocycles. The molecule has 17 heavy (non-hydrogen) atoms. The van der Waals surface area contributed by atoms with Crippen LogP contribution in [0.25, 0.3) is 11.4 Å². The summed E-state index contributed by atoms with van der Waals surface area (Å²) in [5.74, 6) is 0.641. The van der Waals surface area contributed by atoms with Crippen LogP contribution in [0, 0.1) is 0 Å². The topological polar surface area (TPSA) is 54.5 Å². The molecule has 1 N–H and O–H groups in total. The molecule has 0 amide bonds. The van der Waals surface area contributed by atoms with Gasteiger partial charge >= 0.3 is 0 Å². The van der Waals surface area contributed by atoms with E-state index in [4.69, 9.17) is 0 Å². The average Bonchev–Trinajstić information content (AvgIpc) is 2.97. The van der Waals surface area contributed by atoms with Gasteiger partial charge in [-0.05, 0) is 17.2 Å². The maximum atomic E-state index is 3.89. The summed E-state index contributed by atoms with van der Waals surface area (Å²) in [6.07, 6.45) is 1.05. The number of aromatic amines is 1. The fourth-order valence-corrected chi connectivity index (χ4v) is 1.17. The number of H-pyrrole nitrogens is 1. The van der Waals surface area contributed by atoms with Gasteiger partial charge in [-0.25, -0.2) is 0 Å². The predicted octanol–water partition coefficient (Wildman–Crippen LogP) is 3.48. The molecule has 0 saturated carbocycles. The number of benzene rings is 1. The second-order valence-corrected chi connectivity index (χ2v) is 2.79. The van der Waals surface area contributed by atoms with Crippen molar-refractivity contribution in [2.75, 3.05) is 0 Å². The van der Waals surface area contributed by atoms with E-state index in [1.54, 1.807) is 0 Å². The van der Waals surface area contributed by atoms with Gasteiger partial charge in [0, 0.05) is 5.56 Å². The highest BCUT2D eigenvalue weighted by molar-refractivity contribution is 5.53. The molecule has 2 rings (SSSR count). The molecule has 0 bridgehead atoms. The Kier molecular flexibility index (Phi) is 8.55. The minimum atomic E-state index is 0.641. The van der Waals surface area contributed by atoms with Crippen molar-refractivity contribution in [1.82, 2.24) is 20.6 Å². The van der Waals surface area contributed by atoms with E-state index < -0.39 is 0 Å². The number of tetrazole rings is 1. The lowest BCUT2D eigenvalue weighted by molar-refractivity contribution is 0.881. The van der Waals surface area contributed by atoms with Crippen molar-refractivity contribution < 1.29 is 0 Å². The second-order valence-electron chi connectivity index (χ2n) is 2.79.